The lowest BCUT2D eigenvalue weighted by molar-refractivity contribution is 0.199. The molecule has 1 unspecified atom stereocenters. The third-order valence-electron chi connectivity index (χ3n) is 2.98. The van der Waals surface area contributed by atoms with Crippen molar-refractivity contribution in [2.24, 2.45) is 0 Å². The molecule has 0 saturated carbocycles. The Labute approximate surface area is 132 Å². The van der Waals surface area contributed by atoms with E-state index in [0.29, 0.717) is 5.75 Å². The van der Waals surface area contributed by atoms with Gasteiger partial charge in [-0.3, -0.25) is 0 Å². The fourth-order valence-electron chi connectivity index (χ4n) is 1.93. The van der Waals surface area contributed by atoms with Gasteiger partial charge in [-0.05, 0) is 47.1 Å². The first kappa shape index (κ1) is 15.4. The molecule has 2 nitrogen and oxygen atoms in total. The smallest absolute Gasteiger partial charge is 0.124 e. The summed E-state index contributed by atoms with van der Waals surface area (Å²) in [5.74, 6) is 1.32. The number of hydrogen-bond donors (Lipinski definition) is 1. The number of thioether (sulfide) groups is 1. The molecule has 2 aromatic carbocycles. The van der Waals surface area contributed by atoms with E-state index in [-0.39, 0.29) is 0 Å². The minimum atomic E-state index is -0.554. The average Bonchev–Trinajstić information content (AvgIpc) is 2.46. The van der Waals surface area contributed by atoms with E-state index in [4.69, 9.17) is 4.74 Å². The Bertz CT molecular complexity index is 586. The molecule has 20 heavy (non-hydrogen) atoms. The third-order valence-corrected chi connectivity index (χ3v) is 5.08. The first-order valence-corrected chi connectivity index (χ1v) is 8.09. The van der Waals surface area contributed by atoms with Crippen LogP contribution in [0.2, 0.25) is 0 Å². The number of halogens is 1. The molecular weight excluding hydrogens is 336 g/mol. The SMILES string of the molecule is COc1ccc(C)cc1C(O)CSc1ccccc1Br. The summed E-state index contributed by atoms with van der Waals surface area (Å²) < 4.78 is 6.37. The quantitative estimate of drug-likeness (QED) is 0.797. The van der Waals surface area contributed by atoms with Gasteiger partial charge in [0.15, 0.2) is 0 Å². The first-order valence-electron chi connectivity index (χ1n) is 6.31. The highest BCUT2D eigenvalue weighted by atomic mass is 79.9. The molecule has 0 heterocycles. The number of methoxy groups -OCH3 is 1. The summed E-state index contributed by atoms with van der Waals surface area (Å²) in [6, 6.07) is 13.9. The summed E-state index contributed by atoms with van der Waals surface area (Å²) >= 11 is 5.14. The molecule has 0 aliphatic rings. The predicted octanol–water partition coefficient (Wildman–Crippen LogP) is 4.59. The molecule has 1 atom stereocenters. The molecule has 0 saturated heterocycles. The molecule has 0 aliphatic heterocycles. The lowest BCUT2D eigenvalue weighted by Gasteiger charge is -2.15. The molecule has 0 spiro atoms. The number of hydrogen-bond acceptors (Lipinski definition) is 3. The van der Waals surface area contributed by atoms with Gasteiger partial charge < -0.3 is 9.84 Å². The first-order chi connectivity index (χ1) is 9.61. The van der Waals surface area contributed by atoms with E-state index in [1.54, 1.807) is 18.9 Å². The zero-order valence-electron chi connectivity index (χ0n) is 11.5. The van der Waals surface area contributed by atoms with Crippen molar-refractivity contribution >= 4 is 27.7 Å². The monoisotopic (exact) mass is 352 g/mol. The highest BCUT2D eigenvalue weighted by Crippen LogP contribution is 2.33. The number of rotatable bonds is 5. The maximum absolute atomic E-state index is 10.4. The zero-order chi connectivity index (χ0) is 14.5. The Balaban J connectivity index is 2.11. The van der Waals surface area contributed by atoms with Crippen LogP contribution in [0.15, 0.2) is 51.8 Å². The fourth-order valence-corrected chi connectivity index (χ4v) is 3.46. The highest BCUT2D eigenvalue weighted by molar-refractivity contribution is 9.10. The van der Waals surface area contributed by atoms with Crippen LogP contribution in [0.3, 0.4) is 0 Å². The van der Waals surface area contributed by atoms with Gasteiger partial charge in [0.1, 0.15) is 5.75 Å². The molecular formula is C16H17BrO2S. The normalized spacial score (nSPS) is 12.2. The second kappa shape index (κ2) is 7.16. The summed E-state index contributed by atoms with van der Waals surface area (Å²) in [5.41, 5.74) is 1.96. The van der Waals surface area contributed by atoms with Crippen LogP contribution in [0.4, 0.5) is 0 Å². The van der Waals surface area contributed by atoms with Crippen LogP contribution in [0.5, 0.6) is 5.75 Å². The molecule has 0 aromatic heterocycles. The fraction of sp³-hybridized carbons (Fsp3) is 0.250. The maximum atomic E-state index is 10.4. The van der Waals surface area contributed by atoms with Crippen LogP contribution in [-0.2, 0) is 0 Å². The van der Waals surface area contributed by atoms with E-state index in [2.05, 4.69) is 15.9 Å². The average molecular weight is 353 g/mol. The van der Waals surface area contributed by atoms with Crippen molar-refractivity contribution < 1.29 is 9.84 Å². The standard InChI is InChI=1S/C16H17BrO2S/c1-11-7-8-15(19-2)12(9-11)14(18)10-20-16-6-4-3-5-13(16)17/h3-9,14,18H,10H2,1-2H3. The van der Waals surface area contributed by atoms with Crippen LogP contribution in [0.1, 0.15) is 17.2 Å². The minimum Gasteiger partial charge on any atom is -0.496 e. The Kier molecular flexibility index (Phi) is 5.52. The van der Waals surface area contributed by atoms with Crippen LogP contribution < -0.4 is 4.74 Å². The summed E-state index contributed by atoms with van der Waals surface area (Å²) in [6.45, 7) is 2.01. The van der Waals surface area contributed by atoms with Crippen LogP contribution in [0.25, 0.3) is 0 Å². The lowest BCUT2D eigenvalue weighted by Crippen LogP contribution is -2.03. The number of benzene rings is 2. The second-order valence-electron chi connectivity index (χ2n) is 4.50. The summed E-state index contributed by atoms with van der Waals surface area (Å²) in [5, 5.41) is 10.4. The van der Waals surface area contributed by atoms with E-state index >= 15 is 0 Å². The van der Waals surface area contributed by atoms with Gasteiger partial charge in [-0.25, -0.2) is 0 Å². The Morgan fingerprint density at radius 2 is 2.00 bits per heavy atom. The number of ether oxygens (including phenoxy) is 1. The molecule has 0 amide bonds. The molecule has 0 bridgehead atoms. The summed E-state index contributed by atoms with van der Waals surface area (Å²) in [7, 11) is 1.63. The van der Waals surface area contributed by atoms with Crippen molar-refractivity contribution in [2.45, 2.75) is 17.9 Å². The third kappa shape index (κ3) is 3.78. The zero-order valence-corrected chi connectivity index (χ0v) is 13.9. The van der Waals surface area contributed by atoms with Crippen molar-refractivity contribution in [3.8, 4) is 5.75 Å². The van der Waals surface area contributed by atoms with Crippen molar-refractivity contribution in [3.63, 3.8) is 0 Å². The van der Waals surface area contributed by atoms with Gasteiger partial charge in [-0.15, -0.1) is 11.8 Å². The number of aryl methyl sites for hydroxylation is 1. The van der Waals surface area contributed by atoms with Gasteiger partial charge >= 0.3 is 0 Å². The van der Waals surface area contributed by atoms with Crippen molar-refractivity contribution in [1.82, 2.24) is 0 Å². The van der Waals surface area contributed by atoms with E-state index < -0.39 is 6.10 Å². The number of aliphatic hydroxyl groups is 1. The Hall–Kier alpha value is -0.970. The summed E-state index contributed by atoms with van der Waals surface area (Å²) in [6.07, 6.45) is -0.554. The van der Waals surface area contributed by atoms with Gasteiger partial charge in [0.2, 0.25) is 0 Å². The van der Waals surface area contributed by atoms with Gasteiger partial charge in [0.05, 0.1) is 13.2 Å². The molecule has 2 rings (SSSR count). The minimum absolute atomic E-state index is 0.554. The number of aliphatic hydroxyl groups excluding tert-OH is 1. The molecule has 106 valence electrons. The lowest BCUT2D eigenvalue weighted by atomic mass is 10.1. The van der Waals surface area contributed by atoms with E-state index in [9.17, 15) is 5.11 Å². The van der Waals surface area contributed by atoms with Crippen LogP contribution >= 0.6 is 27.7 Å². The van der Waals surface area contributed by atoms with Crippen LogP contribution in [0, 0.1) is 6.92 Å². The van der Waals surface area contributed by atoms with Crippen molar-refractivity contribution in [3.05, 3.63) is 58.1 Å². The summed E-state index contributed by atoms with van der Waals surface area (Å²) in [4.78, 5) is 1.12. The van der Waals surface area contributed by atoms with E-state index in [1.165, 1.54) is 0 Å². The topological polar surface area (TPSA) is 29.5 Å². The molecule has 0 fully saturated rings. The van der Waals surface area contributed by atoms with E-state index in [1.807, 2.05) is 49.4 Å². The molecule has 4 heteroatoms. The predicted molar refractivity (Wildman–Crippen MR) is 87.6 cm³/mol. The van der Waals surface area contributed by atoms with Crippen molar-refractivity contribution in [1.29, 1.82) is 0 Å². The van der Waals surface area contributed by atoms with Crippen molar-refractivity contribution in [2.75, 3.05) is 12.9 Å². The second-order valence-corrected chi connectivity index (χ2v) is 6.42. The van der Waals surface area contributed by atoms with Gasteiger partial charge in [0.25, 0.3) is 0 Å². The Morgan fingerprint density at radius 1 is 1.25 bits per heavy atom. The Morgan fingerprint density at radius 3 is 2.70 bits per heavy atom. The van der Waals surface area contributed by atoms with E-state index in [0.717, 1.165) is 26.2 Å². The van der Waals surface area contributed by atoms with Gasteiger partial charge in [-0.1, -0.05) is 23.8 Å². The van der Waals surface area contributed by atoms with Gasteiger partial charge in [-0.2, -0.15) is 0 Å². The molecule has 2 aromatic rings. The van der Waals surface area contributed by atoms with Gasteiger partial charge in [0, 0.05) is 20.7 Å². The molecule has 0 aliphatic carbocycles. The molecule has 0 radical (unpaired) electrons. The highest BCUT2D eigenvalue weighted by Gasteiger charge is 2.14. The van der Waals surface area contributed by atoms with Crippen LogP contribution in [-0.4, -0.2) is 18.0 Å². The largest absolute Gasteiger partial charge is 0.496 e. The maximum Gasteiger partial charge on any atom is 0.124 e. The molecule has 1 N–H and O–H groups in total.